The van der Waals surface area contributed by atoms with Crippen molar-refractivity contribution in [3.8, 4) is 0 Å². The molecule has 17 heavy (non-hydrogen) atoms. The fourth-order valence-corrected chi connectivity index (χ4v) is 3.70. The second kappa shape index (κ2) is 6.10. The Morgan fingerprint density at radius 2 is 2.24 bits per heavy atom. The Morgan fingerprint density at radius 1 is 1.47 bits per heavy atom. The maximum atomic E-state index is 5.56. The average Bonchev–Trinajstić information content (AvgIpc) is 2.61. The molecule has 1 aliphatic carbocycles. The summed E-state index contributed by atoms with van der Waals surface area (Å²) < 4.78 is 5.56. The van der Waals surface area contributed by atoms with Crippen LogP contribution in [0.3, 0.4) is 0 Å². The monoisotopic (exact) mass is 256 g/mol. The van der Waals surface area contributed by atoms with E-state index in [-0.39, 0.29) is 0 Å². The molecule has 0 aromatic rings. The van der Waals surface area contributed by atoms with Gasteiger partial charge in [-0.3, -0.25) is 4.99 Å². The molecule has 0 spiro atoms. The van der Waals surface area contributed by atoms with Gasteiger partial charge in [-0.15, -0.1) is 0 Å². The van der Waals surface area contributed by atoms with E-state index in [2.05, 4.69) is 31.1 Å². The SMILES string of the molecule is CCOC1CC(NC2=NCC(CC(C)C)S2)C1. The lowest BCUT2D eigenvalue weighted by molar-refractivity contribution is -0.00541. The first-order valence-electron chi connectivity index (χ1n) is 6.76. The van der Waals surface area contributed by atoms with Crippen LogP contribution in [-0.4, -0.2) is 35.7 Å². The third-order valence-electron chi connectivity index (χ3n) is 3.28. The number of hydrogen-bond acceptors (Lipinski definition) is 4. The van der Waals surface area contributed by atoms with E-state index < -0.39 is 0 Å². The molecule has 1 fully saturated rings. The van der Waals surface area contributed by atoms with Crippen LogP contribution in [0.4, 0.5) is 0 Å². The second-order valence-corrected chi connectivity index (χ2v) is 6.69. The molecular weight excluding hydrogens is 232 g/mol. The Labute approximate surface area is 109 Å². The topological polar surface area (TPSA) is 33.6 Å². The Balaban J connectivity index is 1.62. The summed E-state index contributed by atoms with van der Waals surface area (Å²) in [6.45, 7) is 8.46. The van der Waals surface area contributed by atoms with Gasteiger partial charge < -0.3 is 10.1 Å². The molecule has 98 valence electrons. The first-order valence-corrected chi connectivity index (χ1v) is 7.64. The lowest BCUT2D eigenvalue weighted by atomic mass is 9.89. The Hall–Kier alpha value is -0.220. The molecule has 1 N–H and O–H groups in total. The quantitative estimate of drug-likeness (QED) is 0.821. The van der Waals surface area contributed by atoms with Crippen LogP contribution in [0.5, 0.6) is 0 Å². The van der Waals surface area contributed by atoms with Crippen molar-refractivity contribution in [1.82, 2.24) is 5.32 Å². The molecule has 0 bridgehead atoms. The molecule has 1 atom stereocenters. The molecule has 0 amide bonds. The molecule has 1 aliphatic heterocycles. The molecule has 0 radical (unpaired) electrons. The third kappa shape index (κ3) is 3.88. The predicted molar refractivity (Wildman–Crippen MR) is 74.7 cm³/mol. The van der Waals surface area contributed by atoms with E-state index in [1.165, 1.54) is 6.42 Å². The van der Waals surface area contributed by atoms with Crippen molar-refractivity contribution in [2.24, 2.45) is 10.9 Å². The van der Waals surface area contributed by atoms with E-state index >= 15 is 0 Å². The molecule has 1 saturated carbocycles. The van der Waals surface area contributed by atoms with Gasteiger partial charge in [0.15, 0.2) is 5.17 Å². The lowest BCUT2D eigenvalue weighted by Crippen LogP contribution is -2.46. The van der Waals surface area contributed by atoms with Crippen molar-refractivity contribution in [1.29, 1.82) is 0 Å². The van der Waals surface area contributed by atoms with Crippen molar-refractivity contribution in [3.05, 3.63) is 0 Å². The van der Waals surface area contributed by atoms with Gasteiger partial charge >= 0.3 is 0 Å². The molecule has 0 saturated heterocycles. The van der Waals surface area contributed by atoms with Crippen molar-refractivity contribution < 1.29 is 4.74 Å². The fourth-order valence-electron chi connectivity index (χ4n) is 2.38. The lowest BCUT2D eigenvalue weighted by Gasteiger charge is -2.35. The Kier molecular flexibility index (Phi) is 4.74. The number of rotatable bonds is 5. The van der Waals surface area contributed by atoms with Crippen molar-refractivity contribution in [2.75, 3.05) is 13.2 Å². The van der Waals surface area contributed by atoms with Crippen molar-refractivity contribution in [3.63, 3.8) is 0 Å². The number of amidine groups is 1. The highest BCUT2D eigenvalue weighted by Crippen LogP contribution is 2.29. The van der Waals surface area contributed by atoms with Gasteiger partial charge in [0.1, 0.15) is 0 Å². The Bertz CT molecular complexity index is 275. The summed E-state index contributed by atoms with van der Waals surface area (Å²) in [5.74, 6) is 0.771. The summed E-state index contributed by atoms with van der Waals surface area (Å²) in [6, 6.07) is 0.593. The van der Waals surface area contributed by atoms with E-state index in [9.17, 15) is 0 Å². The van der Waals surface area contributed by atoms with Crippen LogP contribution in [0.1, 0.15) is 40.0 Å². The van der Waals surface area contributed by atoms with Crippen LogP contribution in [0.15, 0.2) is 4.99 Å². The number of thioether (sulfide) groups is 1. The minimum atomic E-state index is 0.482. The zero-order valence-corrected chi connectivity index (χ0v) is 11.9. The molecule has 2 rings (SSSR count). The molecule has 0 aromatic carbocycles. The zero-order valence-electron chi connectivity index (χ0n) is 11.1. The third-order valence-corrected chi connectivity index (χ3v) is 4.42. The second-order valence-electron chi connectivity index (χ2n) is 5.41. The van der Waals surface area contributed by atoms with Gasteiger partial charge in [-0.1, -0.05) is 25.6 Å². The van der Waals surface area contributed by atoms with Crippen LogP contribution in [0.2, 0.25) is 0 Å². The van der Waals surface area contributed by atoms with Crippen molar-refractivity contribution in [2.45, 2.75) is 57.4 Å². The summed E-state index contributed by atoms with van der Waals surface area (Å²) in [7, 11) is 0. The molecule has 0 aromatic heterocycles. The summed E-state index contributed by atoms with van der Waals surface area (Å²) in [5, 5.41) is 5.40. The first-order chi connectivity index (χ1) is 8.17. The molecule has 1 heterocycles. The number of nitrogens with zero attached hydrogens (tertiary/aromatic N) is 1. The van der Waals surface area contributed by atoms with Crippen LogP contribution in [0.25, 0.3) is 0 Å². The highest BCUT2D eigenvalue weighted by atomic mass is 32.2. The predicted octanol–water partition coefficient (Wildman–Crippen LogP) is 2.66. The van der Waals surface area contributed by atoms with Crippen LogP contribution in [-0.2, 0) is 4.74 Å². The van der Waals surface area contributed by atoms with Crippen LogP contribution < -0.4 is 5.32 Å². The number of ether oxygens (including phenoxy) is 1. The van der Waals surface area contributed by atoms with E-state index in [4.69, 9.17) is 4.74 Å². The Morgan fingerprint density at radius 3 is 2.88 bits per heavy atom. The highest BCUT2D eigenvalue weighted by Gasteiger charge is 2.31. The molecule has 2 aliphatic rings. The van der Waals surface area contributed by atoms with Gasteiger partial charge in [0, 0.05) is 17.9 Å². The highest BCUT2D eigenvalue weighted by molar-refractivity contribution is 8.14. The van der Waals surface area contributed by atoms with Crippen LogP contribution in [0, 0.1) is 5.92 Å². The van der Waals surface area contributed by atoms with E-state index in [0.717, 1.165) is 37.1 Å². The zero-order chi connectivity index (χ0) is 12.3. The smallest absolute Gasteiger partial charge is 0.157 e. The molecule has 1 unspecified atom stereocenters. The van der Waals surface area contributed by atoms with Gasteiger partial charge in [-0.2, -0.15) is 0 Å². The van der Waals surface area contributed by atoms with Gasteiger partial charge in [-0.05, 0) is 32.1 Å². The maximum absolute atomic E-state index is 5.56. The van der Waals surface area contributed by atoms with Crippen LogP contribution >= 0.6 is 11.8 Å². The number of aliphatic imine (C=N–C) groups is 1. The standard InChI is InChI=1S/C13H24N2OS/c1-4-16-11-6-10(7-11)15-13-14-8-12(17-13)5-9(2)3/h9-12H,4-8H2,1-3H3,(H,14,15). The largest absolute Gasteiger partial charge is 0.378 e. The minimum absolute atomic E-state index is 0.482. The van der Waals surface area contributed by atoms with Gasteiger partial charge in [0.05, 0.1) is 12.6 Å². The number of hydrogen-bond donors (Lipinski definition) is 1. The molecule has 4 heteroatoms. The summed E-state index contributed by atoms with van der Waals surface area (Å²) >= 11 is 1.93. The summed E-state index contributed by atoms with van der Waals surface area (Å²) in [5.41, 5.74) is 0. The maximum Gasteiger partial charge on any atom is 0.157 e. The first kappa shape index (κ1) is 13.2. The van der Waals surface area contributed by atoms with Crippen molar-refractivity contribution >= 4 is 16.9 Å². The minimum Gasteiger partial charge on any atom is -0.378 e. The number of nitrogens with one attached hydrogen (secondary N) is 1. The van der Waals surface area contributed by atoms with E-state index in [1.807, 2.05) is 11.8 Å². The summed E-state index contributed by atoms with van der Waals surface area (Å²) in [4.78, 5) is 4.59. The van der Waals surface area contributed by atoms with Gasteiger partial charge in [0.2, 0.25) is 0 Å². The van der Waals surface area contributed by atoms with E-state index in [1.54, 1.807) is 0 Å². The van der Waals surface area contributed by atoms with Gasteiger partial charge in [-0.25, -0.2) is 0 Å². The summed E-state index contributed by atoms with van der Waals surface area (Å²) in [6.07, 6.45) is 4.03. The van der Waals surface area contributed by atoms with Gasteiger partial charge in [0.25, 0.3) is 0 Å². The molecular formula is C13H24N2OS. The molecule has 3 nitrogen and oxygen atoms in total. The van der Waals surface area contributed by atoms with E-state index in [0.29, 0.717) is 17.4 Å². The average molecular weight is 256 g/mol. The normalized spacial score (nSPS) is 32.5. The fraction of sp³-hybridized carbons (Fsp3) is 0.923.